The molecule has 1 amide bonds. The Morgan fingerprint density at radius 1 is 1.45 bits per heavy atom. The molecule has 2 atom stereocenters. The van der Waals surface area contributed by atoms with Crippen molar-refractivity contribution < 1.29 is 9.18 Å². The van der Waals surface area contributed by atoms with Crippen molar-refractivity contribution in [2.75, 3.05) is 6.54 Å². The zero-order valence-corrected chi connectivity index (χ0v) is 15.1. The van der Waals surface area contributed by atoms with Gasteiger partial charge in [-0.15, -0.1) is 12.4 Å². The number of hydrogen-bond acceptors (Lipinski definition) is 2. The first-order chi connectivity index (χ1) is 10.0. The molecule has 1 aliphatic carbocycles. The first-order valence-corrected chi connectivity index (χ1v) is 8.27. The minimum atomic E-state index is -0.276. The van der Waals surface area contributed by atoms with Crippen LogP contribution in [0.5, 0.6) is 0 Å². The third-order valence-electron chi connectivity index (χ3n) is 4.26. The Bertz CT molecular complexity index is 515. The molecule has 0 spiro atoms. The maximum Gasteiger partial charge on any atom is 0.223 e. The summed E-state index contributed by atoms with van der Waals surface area (Å²) in [7, 11) is 0. The molecule has 0 heterocycles. The summed E-state index contributed by atoms with van der Waals surface area (Å²) >= 11 is 3.34. The molecule has 124 valence electrons. The summed E-state index contributed by atoms with van der Waals surface area (Å²) in [5.41, 5.74) is 6.57. The highest BCUT2D eigenvalue weighted by molar-refractivity contribution is 9.10. The second-order valence-electron chi connectivity index (χ2n) is 5.70. The molecule has 1 fully saturated rings. The van der Waals surface area contributed by atoms with E-state index in [0.717, 1.165) is 23.7 Å². The SMILES string of the molecule is CCN(Cc1cc(Br)ccc1F)C(=O)C[C@@H]1CCC[C@H]1N.Cl. The van der Waals surface area contributed by atoms with Crippen LogP contribution in [0.2, 0.25) is 0 Å². The Labute approximate surface area is 146 Å². The molecule has 0 bridgehead atoms. The van der Waals surface area contributed by atoms with Crippen LogP contribution < -0.4 is 5.73 Å². The Morgan fingerprint density at radius 3 is 2.77 bits per heavy atom. The van der Waals surface area contributed by atoms with Crippen LogP contribution in [-0.2, 0) is 11.3 Å². The predicted octanol–water partition coefficient (Wildman–Crippen LogP) is 3.88. The Balaban J connectivity index is 0.00000242. The average Bonchev–Trinajstić information content (AvgIpc) is 2.85. The maximum atomic E-state index is 13.8. The summed E-state index contributed by atoms with van der Waals surface area (Å²) in [4.78, 5) is 14.1. The lowest BCUT2D eigenvalue weighted by Crippen LogP contribution is -2.35. The van der Waals surface area contributed by atoms with Crippen molar-refractivity contribution in [3.05, 3.63) is 34.1 Å². The molecule has 2 N–H and O–H groups in total. The molecule has 0 aromatic heterocycles. The van der Waals surface area contributed by atoms with E-state index < -0.39 is 0 Å². The van der Waals surface area contributed by atoms with Gasteiger partial charge in [0.05, 0.1) is 0 Å². The molecule has 0 saturated heterocycles. The number of nitrogens with two attached hydrogens (primary N) is 1. The molecule has 2 rings (SSSR count). The predicted molar refractivity (Wildman–Crippen MR) is 92.4 cm³/mol. The Hall–Kier alpha value is -0.650. The van der Waals surface area contributed by atoms with Gasteiger partial charge in [-0.3, -0.25) is 4.79 Å². The number of halogens is 3. The second kappa shape index (κ2) is 8.85. The minimum absolute atomic E-state index is 0. The largest absolute Gasteiger partial charge is 0.339 e. The molecule has 0 unspecified atom stereocenters. The van der Waals surface area contributed by atoms with E-state index in [-0.39, 0.29) is 36.1 Å². The quantitative estimate of drug-likeness (QED) is 0.825. The lowest BCUT2D eigenvalue weighted by Gasteiger charge is -2.24. The fraction of sp³-hybridized carbons (Fsp3) is 0.562. The lowest BCUT2D eigenvalue weighted by molar-refractivity contribution is -0.132. The molecular formula is C16H23BrClFN2O. The van der Waals surface area contributed by atoms with Crippen molar-refractivity contribution in [2.24, 2.45) is 11.7 Å². The van der Waals surface area contributed by atoms with Crippen LogP contribution in [0.4, 0.5) is 4.39 Å². The fourth-order valence-corrected chi connectivity index (χ4v) is 3.33. The summed E-state index contributed by atoms with van der Waals surface area (Å²) in [6.45, 7) is 2.80. The molecule has 1 aliphatic rings. The van der Waals surface area contributed by atoms with Gasteiger partial charge in [-0.2, -0.15) is 0 Å². The van der Waals surface area contributed by atoms with Crippen molar-refractivity contribution in [1.82, 2.24) is 4.90 Å². The summed E-state index contributed by atoms with van der Waals surface area (Å²) in [5, 5.41) is 0. The highest BCUT2D eigenvalue weighted by Crippen LogP contribution is 2.27. The van der Waals surface area contributed by atoms with E-state index in [2.05, 4.69) is 15.9 Å². The van der Waals surface area contributed by atoms with Crippen LogP contribution in [0, 0.1) is 11.7 Å². The third-order valence-corrected chi connectivity index (χ3v) is 4.75. The average molecular weight is 394 g/mol. The molecule has 0 radical (unpaired) electrons. The molecule has 1 saturated carbocycles. The van der Waals surface area contributed by atoms with Gasteiger partial charge in [0.1, 0.15) is 5.82 Å². The Morgan fingerprint density at radius 2 is 2.18 bits per heavy atom. The van der Waals surface area contributed by atoms with Crippen molar-refractivity contribution >= 4 is 34.2 Å². The van der Waals surface area contributed by atoms with Crippen LogP contribution in [0.25, 0.3) is 0 Å². The van der Waals surface area contributed by atoms with Gasteiger partial charge >= 0.3 is 0 Å². The van der Waals surface area contributed by atoms with E-state index in [9.17, 15) is 9.18 Å². The lowest BCUT2D eigenvalue weighted by atomic mass is 9.99. The highest BCUT2D eigenvalue weighted by Gasteiger charge is 2.27. The second-order valence-corrected chi connectivity index (χ2v) is 6.62. The van der Waals surface area contributed by atoms with Gasteiger partial charge in [-0.1, -0.05) is 22.4 Å². The molecule has 22 heavy (non-hydrogen) atoms. The van der Waals surface area contributed by atoms with Crippen LogP contribution in [0.1, 0.15) is 38.2 Å². The van der Waals surface area contributed by atoms with E-state index in [4.69, 9.17) is 5.73 Å². The first kappa shape index (κ1) is 19.4. The van der Waals surface area contributed by atoms with Gasteiger partial charge in [-0.05, 0) is 43.9 Å². The zero-order valence-electron chi connectivity index (χ0n) is 12.7. The fourth-order valence-electron chi connectivity index (χ4n) is 2.92. The van der Waals surface area contributed by atoms with E-state index in [1.165, 1.54) is 6.07 Å². The highest BCUT2D eigenvalue weighted by atomic mass is 79.9. The molecule has 6 heteroatoms. The smallest absolute Gasteiger partial charge is 0.223 e. The maximum absolute atomic E-state index is 13.8. The van der Waals surface area contributed by atoms with Crippen molar-refractivity contribution in [3.63, 3.8) is 0 Å². The molecule has 1 aromatic rings. The minimum Gasteiger partial charge on any atom is -0.339 e. The monoisotopic (exact) mass is 392 g/mol. The normalized spacial score (nSPS) is 20.5. The summed E-state index contributed by atoms with van der Waals surface area (Å²) in [6.07, 6.45) is 3.61. The van der Waals surface area contributed by atoms with Gasteiger partial charge in [0, 0.05) is 35.6 Å². The molecule has 0 aliphatic heterocycles. The number of amides is 1. The number of carbonyl (C=O) groups excluding carboxylic acids is 1. The summed E-state index contributed by atoms with van der Waals surface area (Å²) in [5.74, 6) is 0.0696. The number of benzene rings is 1. The summed E-state index contributed by atoms with van der Waals surface area (Å²) < 4.78 is 14.6. The zero-order chi connectivity index (χ0) is 15.4. The van der Waals surface area contributed by atoms with E-state index in [1.807, 2.05) is 6.92 Å². The topological polar surface area (TPSA) is 46.3 Å². The van der Waals surface area contributed by atoms with Gasteiger partial charge in [0.2, 0.25) is 5.91 Å². The van der Waals surface area contributed by atoms with Gasteiger partial charge in [0.25, 0.3) is 0 Å². The van der Waals surface area contributed by atoms with Crippen LogP contribution in [0.3, 0.4) is 0 Å². The number of hydrogen-bond donors (Lipinski definition) is 1. The van der Waals surface area contributed by atoms with Crippen molar-refractivity contribution in [2.45, 2.75) is 45.2 Å². The molecular weight excluding hydrogens is 371 g/mol. The van der Waals surface area contributed by atoms with Crippen LogP contribution in [0.15, 0.2) is 22.7 Å². The van der Waals surface area contributed by atoms with E-state index in [0.29, 0.717) is 25.1 Å². The number of rotatable bonds is 5. The van der Waals surface area contributed by atoms with Gasteiger partial charge in [0.15, 0.2) is 0 Å². The van der Waals surface area contributed by atoms with Gasteiger partial charge in [-0.25, -0.2) is 4.39 Å². The van der Waals surface area contributed by atoms with Crippen LogP contribution in [-0.4, -0.2) is 23.4 Å². The standard InChI is InChI=1S/C16H22BrFN2O.ClH/c1-2-20(10-12-8-13(17)6-7-14(12)18)16(21)9-11-4-3-5-15(11)19;/h6-8,11,15H,2-5,9-10,19H2,1H3;1H/t11-,15+;/m0./s1. The van der Waals surface area contributed by atoms with Crippen molar-refractivity contribution in [3.8, 4) is 0 Å². The summed E-state index contributed by atoms with van der Waals surface area (Å²) in [6, 6.07) is 4.95. The van der Waals surface area contributed by atoms with Crippen LogP contribution >= 0.6 is 28.3 Å². The Kier molecular flexibility index (Phi) is 7.80. The molecule has 3 nitrogen and oxygen atoms in total. The number of carbonyl (C=O) groups is 1. The molecule has 1 aromatic carbocycles. The van der Waals surface area contributed by atoms with E-state index in [1.54, 1.807) is 17.0 Å². The third kappa shape index (κ3) is 4.93. The van der Waals surface area contributed by atoms with Gasteiger partial charge < -0.3 is 10.6 Å². The van der Waals surface area contributed by atoms with E-state index >= 15 is 0 Å². The number of nitrogens with zero attached hydrogens (tertiary/aromatic N) is 1. The van der Waals surface area contributed by atoms with Crippen molar-refractivity contribution in [1.29, 1.82) is 0 Å². The first-order valence-electron chi connectivity index (χ1n) is 7.48.